The molecule has 0 saturated heterocycles. The van der Waals surface area contributed by atoms with E-state index in [0.717, 1.165) is 30.9 Å². The summed E-state index contributed by atoms with van der Waals surface area (Å²) in [6, 6.07) is 8.57. The summed E-state index contributed by atoms with van der Waals surface area (Å²) >= 11 is 0. The van der Waals surface area contributed by atoms with Gasteiger partial charge in [-0.3, -0.25) is 0 Å². The lowest BCUT2D eigenvalue weighted by Crippen LogP contribution is -2.22. The Bertz CT molecular complexity index is 565. The summed E-state index contributed by atoms with van der Waals surface area (Å²) in [7, 11) is 2.01. The number of benzene rings is 1. The molecule has 1 atom stereocenters. The maximum atomic E-state index is 5.96. The van der Waals surface area contributed by atoms with Crippen molar-refractivity contribution < 1.29 is 0 Å². The minimum atomic E-state index is 0.184. The number of nitrogens with zero attached hydrogens (tertiary/aromatic N) is 3. The van der Waals surface area contributed by atoms with Gasteiger partial charge in [0, 0.05) is 32.0 Å². The molecular formula is C17H24N4. The van der Waals surface area contributed by atoms with Crippen LogP contribution in [0.3, 0.4) is 0 Å². The summed E-state index contributed by atoms with van der Waals surface area (Å²) < 4.78 is 0. The maximum absolute atomic E-state index is 5.96. The predicted molar refractivity (Wildman–Crippen MR) is 87.3 cm³/mol. The average Bonchev–Trinajstić information content (AvgIpc) is 2.50. The Kier molecular flexibility index (Phi) is 5.28. The van der Waals surface area contributed by atoms with E-state index in [2.05, 4.69) is 53.0 Å². The van der Waals surface area contributed by atoms with Crippen molar-refractivity contribution in [1.29, 1.82) is 0 Å². The molecule has 2 rings (SSSR count). The second kappa shape index (κ2) is 7.18. The number of rotatable bonds is 6. The zero-order chi connectivity index (χ0) is 15.2. The number of nitrogens with two attached hydrogens (primary N) is 1. The lowest BCUT2D eigenvalue weighted by molar-refractivity contribution is 0.643. The van der Waals surface area contributed by atoms with Crippen molar-refractivity contribution in [1.82, 2.24) is 9.97 Å². The average molecular weight is 284 g/mol. The maximum Gasteiger partial charge on any atom is 0.225 e. The van der Waals surface area contributed by atoms with Crippen LogP contribution in [0.2, 0.25) is 0 Å². The third-order valence-corrected chi connectivity index (χ3v) is 3.72. The first kappa shape index (κ1) is 15.4. The number of hydrogen-bond donors (Lipinski definition) is 1. The highest BCUT2D eigenvalue weighted by Gasteiger charge is 2.08. The molecule has 0 amide bonds. The molecule has 4 nitrogen and oxygen atoms in total. The monoisotopic (exact) mass is 284 g/mol. The Labute approximate surface area is 127 Å². The van der Waals surface area contributed by atoms with E-state index >= 15 is 0 Å². The van der Waals surface area contributed by atoms with Crippen LogP contribution in [0.4, 0.5) is 5.95 Å². The van der Waals surface area contributed by atoms with Crippen LogP contribution in [0.1, 0.15) is 30.0 Å². The zero-order valence-corrected chi connectivity index (χ0v) is 13.1. The third kappa shape index (κ3) is 4.26. The van der Waals surface area contributed by atoms with Gasteiger partial charge in [-0.05, 0) is 36.5 Å². The first-order chi connectivity index (χ1) is 10.1. The van der Waals surface area contributed by atoms with E-state index in [1.807, 2.05) is 19.4 Å². The van der Waals surface area contributed by atoms with E-state index < -0.39 is 0 Å². The summed E-state index contributed by atoms with van der Waals surface area (Å²) in [6.07, 6.45) is 5.56. The summed E-state index contributed by atoms with van der Waals surface area (Å²) in [5, 5.41) is 0. The van der Waals surface area contributed by atoms with E-state index in [0.29, 0.717) is 0 Å². The quantitative estimate of drug-likeness (QED) is 0.886. The van der Waals surface area contributed by atoms with Crippen molar-refractivity contribution in [2.24, 2.45) is 5.73 Å². The summed E-state index contributed by atoms with van der Waals surface area (Å²) in [4.78, 5) is 11.0. The number of aromatic nitrogens is 2. The third-order valence-electron chi connectivity index (χ3n) is 3.72. The Hall–Kier alpha value is -1.94. The number of hydrogen-bond acceptors (Lipinski definition) is 4. The van der Waals surface area contributed by atoms with Gasteiger partial charge in [0.25, 0.3) is 0 Å². The molecule has 1 aromatic heterocycles. The lowest BCUT2D eigenvalue weighted by atomic mass is 10.1. The molecule has 21 heavy (non-hydrogen) atoms. The fourth-order valence-electron chi connectivity index (χ4n) is 2.21. The molecule has 1 heterocycles. The van der Waals surface area contributed by atoms with Gasteiger partial charge in [-0.15, -0.1) is 0 Å². The van der Waals surface area contributed by atoms with Crippen LogP contribution < -0.4 is 10.6 Å². The van der Waals surface area contributed by atoms with E-state index in [1.165, 1.54) is 11.1 Å². The number of aryl methyl sites for hydroxylation is 1. The van der Waals surface area contributed by atoms with Gasteiger partial charge in [0.1, 0.15) is 0 Å². The fraction of sp³-hybridized carbons (Fsp3) is 0.412. The van der Waals surface area contributed by atoms with E-state index in [9.17, 15) is 0 Å². The van der Waals surface area contributed by atoms with Crippen LogP contribution in [0.5, 0.6) is 0 Å². The molecule has 4 heteroatoms. The van der Waals surface area contributed by atoms with Gasteiger partial charge in [-0.25, -0.2) is 9.97 Å². The van der Waals surface area contributed by atoms with Crippen molar-refractivity contribution in [3.05, 3.63) is 53.3 Å². The molecule has 0 saturated carbocycles. The van der Waals surface area contributed by atoms with Crippen LogP contribution in [-0.4, -0.2) is 23.1 Å². The highest BCUT2D eigenvalue weighted by molar-refractivity contribution is 5.34. The van der Waals surface area contributed by atoms with Gasteiger partial charge in [0.2, 0.25) is 5.95 Å². The van der Waals surface area contributed by atoms with Gasteiger partial charge in [0.05, 0.1) is 0 Å². The SMILES string of the molecule is CCC(N)Cc1cnc(N(C)Cc2ccccc2C)nc1. The first-order valence-electron chi connectivity index (χ1n) is 7.42. The number of anilines is 1. The molecule has 112 valence electrons. The second-order valence-corrected chi connectivity index (χ2v) is 5.55. The molecule has 2 aromatic rings. The Balaban J connectivity index is 2.03. The van der Waals surface area contributed by atoms with Crippen molar-refractivity contribution in [3.63, 3.8) is 0 Å². The van der Waals surface area contributed by atoms with Gasteiger partial charge in [-0.2, -0.15) is 0 Å². The molecule has 0 fully saturated rings. The van der Waals surface area contributed by atoms with Crippen molar-refractivity contribution >= 4 is 5.95 Å². The highest BCUT2D eigenvalue weighted by Crippen LogP contribution is 2.13. The van der Waals surface area contributed by atoms with Crippen LogP contribution in [-0.2, 0) is 13.0 Å². The Morgan fingerprint density at radius 3 is 2.48 bits per heavy atom. The highest BCUT2D eigenvalue weighted by atomic mass is 15.2. The van der Waals surface area contributed by atoms with Crippen LogP contribution in [0.15, 0.2) is 36.7 Å². The van der Waals surface area contributed by atoms with Crippen LogP contribution in [0, 0.1) is 6.92 Å². The smallest absolute Gasteiger partial charge is 0.225 e. The molecule has 1 aromatic carbocycles. The summed E-state index contributed by atoms with van der Waals surface area (Å²) in [6.45, 7) is 5.02. The van der Waals surface area contributed by atoms with Gasteiger partial charge < -0.3 is 10.6 Å². The molecule has 0 radical (unpaired) electrons. The van der Waals surface area contributed by atoms with Crippen LogP contribution >= 0.6 is 0 Å². The van der Waals surface area contributed by atoms with Gasteiger partial charge in [0.15, 0.2) is 0 Å². The summed E-state index contributed by atoms with van der Waals surface area (Å²) in [5.74, 6) is 0.743. The topological polar surface area (TPSA) is 55.0 Å². The first-order valence-corrected chi connectivity index (χ1v) is 7.42. The van der Waals surface area contributed by atoms with E-state index in [4.69, 9.17) is 5.73 Å². The molecule has 1 unspecified atom stereocenters. The Morgan fingerprint density at radius 2 is 1.86 bits per heavy atom. The lowest BCUT2D eigenvalue weighted by Gasteiger charge is -2.18. The second-order valence-electron chi connectivity index (χ2n) is 5.55. The minimum Gasteiger partial charge on any atom is -0.340 e. The van der Waals surface area contributed by atoms with Gasteiger partial charge in [-0.1, -0.05) is 31.2 Å². The zero-order valence-electron chi connectivity index (χ0n) is 13.1. The Morgan fingerprint density at radius 1 is 1.19 bits per heavy atom. The predicted octanol–water partition coefficient (Wildman–Crippen LogP) is 2.70. The van der Waals surface area contributed by atoms with Crippen molar-refractivity contribution in [2.45, 2.75) is 39.3 Å². The molecule has 0 bridgehead atoms. The molecule has 0 aliphatic carbocycles. The minimum absolute atomic E-state index is 0.184. The molecule has 0 aliphatic rings. The molecule has 2 N–H and O–H groups in total. The standard InChI is InChI=1S/C17H24N4/c1-4-16(18)9-14-10-19-17(20-11-14)21(3)12-15-8-6-5-7-13(15)2/h5-8,10-11,16H,4,9,12,18H2,1-3H3. The van der Waals surface area contributed by atoms with Crippen molar-refractivity contribution in [2.75, 3.05) is 11.9 Å². The molecular weight excluding hydrogens is 260 g/mol. The molecule has 0 spiro atoms. The largest absolute Gasteiger partial charge is 0.340 e. The van der Waals surface area contributed by atoms with Crippen LogP contribution in [0.25, 0.3) is 0 Å². The van der Waals surface area contributed by atoms with E-state index in [1.54, 1.807) is 0 Å². The van der Waals surface area contributed by atoms with E-state index in [-0.39, 0.29) is 6.04 Å². The normalized spacial score (nSPS) is 12.2. The van der Waals surface area contributed by atoms with Gasteiger partial charge >= 0.3 is 0 Å². The molecule has 0 aliphatic heterocycles. The fourth-order valence-corrected chi connectivity index (χ4v) is 2.21. The summed E-state index contributed by atoms with van der Waals surface area (Å²) in [5.41, 5.74) is 9.63. The van der Waals surface area contributed by atoms with Crippen molar-refractivity contribution in [3.8, 4) is 0 Å².